The molecular formula is C17H19F3. The predicted octanol–water partition coefficient (Wildman–Crippen LogP) is 5.69. The van der Waals surface area contributed by atoms with Gasteiger partial charge in [-0.3, -0.25) is 0 Å². The van der Waals surface area contributed by atoms with Gasteiger partial charge in [-0.1, -0.05) is 56.7 Å². The van der Waals surface area contributed by atoms with Crippen molar-refractivity contribution < 1.29 is 13.2 Å². The third kappa shape index (κ3) is 5.52. The molecule has 0 fully saturated rings. The molecule has 108 valence electrons. The Morgan fingerprint density at radius 3 is 2.30 bits per heavy atom. The van der Waals surface area contributed by atoms with Crippen LogP contribution in [0.4, 0.5) is 13.2 Å². The summed E-state index contributed by atoms with van der Waals surface area (Å²) >= 11 is 0. The van der Waals surface area contributed by atoms with Crippen LogP contribution in [0.5, 0.6) is 0 Å². The Hall–Kier alpha value is -1.69. The minimum Gasteiger partial charge on any atom is -0.166 e. The molecule has 0 aliphatic heterocycles. The van der Waals surface area contributed by atoms with Gasteiger partial charge in [-0.25, -0.2) is 0 Å². The zero-order valence-corrected chi connectivity index (χ0v) is 11.7. The van der Waals surface area contributed by atoms with Crippen molar-refractivity contribution in [3.05, 3.63) is 42.0 Å². The smallest absolute Gasteiger partial charge is 0.166 e. The molecule has 0 saturated carbocycles. The number of rotatable bonds is 5. The van der Waals surface area contributed by atoms with E-state index in [4.69, 9.17) is 0 Å². The van der Waals surface area contributed by atoms with Gasteiger partial charge in [0.25, 0.3) is 0 Å². The van der Waals surface area contributed by atoms with Crippen molar-refractivity contribution in [1.29, 1.82) is 0 Å². The van der Waals surface area contributed by atoms with E-state index in [0.29, 0.717) is 11.1 Å². The van der Waals surface area contributed by atoms with Gasteiger partial charge in [0.15, 0.2) is 0 Å². The summed E-state index contributed by atoms with van der Waals surface area (Å²) in [6.45, 7) is 5.95. The molecule has 1 aromatic rings. The van der Waals surface area contributed by atoms with Crippen LogP contribution in [-0.2, 0) is 6.18 Å². The maximum Gasteiger partial charge on any atom is 0.416 e. The highest BCUT2D eigenvalue weighted by Gasteiger charge is 2.29. The number of hydrogen-bond donors (Lipinski definition) is 0. The lowest BCUT2D eigenvalue weighted by Gasteiger charge is -2.06. The van der Waals surface area contributed by atoms with E-state index in [1.807, 2.05) is 0 Å². The second-order valence-electron chi connectivity index (χ2n) is 4.67. The Morgan fingerprint density at radius 1 is 1.10 bits per heavy atom. The summed E-state index contributed by atoms with van der Waals surface area (Å²) in [6, 6.07) is 4.95. The second-order valence-corrected chi connectivity index (χ2v) is 4.67. The topological polar surface area (TPSA) is 0 Å². The van der Waals surface area contributed by atoms with E-state index in [1.165, 1.54) is 25.0 Å². The van der Waals surface area contributed by atoms with Gasteiger partial charge in [-0.15, -0.1) is 0 Å². The summed E-state index contributed by atoms with van der Waals surface area (Å²) < 4.78 is 37.3. The first kappa shape index (κ1) is 16.4. The summed E-state index contributed by atoms with van der Waals surface area (Å²) in [7, 11) is 0. The third-order valence-electron chi connectivity index (χ3n) is 2.96. The largest absolute Gasteiger partial charge is 0.416 e. The van der Waals surface area contributed by atoms with E-state index in [9.17, 15) is 13.2 Å². The van der Waals surface area contributed by atoms with Crippen LogP contribution < -0.4 is 0 Å². The molecule has 3 heteroatoms. The van der Waals surface area contributed by atoms with Crippen LogP contribution in [-0.4, -0.2) is 0 Å². The van der Waals surface area contributed by atoms with Gasteiger partial charge in [-0.2, -0.15) is 13.2 Å². The van der Waals surface area contributed by atoms with Gasteiger partial charge < -0.3 is 0 Å². The number of unbranched alkanes of at least 4 members (excludes halogenated alkanes) is 4. The van der Waals surface area contributed by atoms with Crippen molar-refractivity contribution in [2.24, 2.45) is 0 Å². The molecule has 0 amide bonds. The molecule has 0 spiro atoms. The maximum atomic E-state index is 12.4. The summed E-state index contributed by atoms with van der Waals surface area (Å²) in [5.41, 5.74) is 0.551. The molecule has 0 saturated heterocycles. The zero-order valence-electron chi connectivity index (χ0n) is 11.7. The van der Waals surface area contributed by atoms with Gasteiger partial charge in [0.05, 0.1) is 5.56 Å². The average Bonchev–Trinajstić information content (AvgIpc) is 2.41. The number of allylic oxidation sites excluding steroid dienone is 1. The summed E-state index contributed by atoms with van der Waals surface area (Å²) in [5.74, 6) is 5.92. The molecule has 0 atom stereocenters. The first-order valence-corrected chi connectivity index (χ1v) is 6.80. The molecule has 0 nitrogen and oxygen atoms in total. The standard InChI is InChI=1S/C17H19F3/c1-3-4-5-6-7-8-9-14(2)15-10-12-16(13-11-15)17(18,19)20/h10-13H,2-7H2,1H3. The molecule has 0 aromatic heterocycles. The van der Waals surface area contributed by atoms with Gasteiger partial charge >= 0.3 is 6.18 Å². The van der Waals surface area contributed by atoms with E-state index in [1.54, 1.807) is 0 Å². The van der Waals surface area contributed by atoms with Gasteiger partial charge in [0.2, 0.25) is 0 Å². The molecule has 0 aliphatic carbocycles. The summed E-state index contributed by atoms with van der Waals surface area (Å²) in [5, 5.41) is 0. The lowest BCUT2D eigenvalue weighted by molar-refractivity contribution is -0.137. The normalized spacial score (nSPS) is 10.8. The zero-order chi connectivity index (χ0) is 15.0. The fraction of sp³-hybridized carbons (Fsp3) is 0.412. The fourth-order valence-electron chi connectivity index (χ4n) is 1.74. The first-order valence-electron chi connectivity index (χ1n) is 6.80. The molecule has 0 aliphatic rings. The van der Waals surface area contributed by atoms with Crippen molar-refractivity contribution in [1.82, 2.24) is 0 Å². The lowest BCUT2D eigenvalue weighted by atomic mass is 10.1. The monoisotopic (exact) mass is 280 g/mol. The van der Waals surface area contributed by atoms with E-state index in [2.05, 4.69) is 25.3 Å². The Kier molecular flexibility index (Phi) is 6.38. The van der Waals surface area contributed by atoms with Crippen molar-refractivity contribution in [3.8, 4) is 11.8 Å². The quantitative estimate of drug-likeness (QED) is 0.480. The Balaban J connectivity index is 2.54. The fourth-order valence-corrected chi connectivity index (χ4v) is 1.74. The van der Waals surface area contributed by atoms with E-state index >= 15 is 0 Å². The molecule has 0 radical (unpaired) electrons. The number of alkyl halides is 3. The first-order chi connectivity index (χ1) is 9.45. The number of halogens is 3. The molecule has 0 bridgehead atoms. The molecule has 1 rings (SSSR count). The average molecular weight is 280 g/mol. The maximum absolute atomic E-state index is 12.4. The molecule has 0 heterocycles. The van der Waals surface area contributed by atoms with Crippen molar-refractivity contribution in [2.45, 2.75) is 45.2 Å². The Bertz CT molecular complexity index is 484. The summed E-state index contributed by atoms with van der Waals surface area (Å²) in [6.07, 6.45) is 1.12. The third-order valence-corrected chi connectivity index (χ3v) is 2.96. The van der Waals surface area contributed by atoms with Crippen LogP contribution in [0.15, 0.2) is 30.8 Å². The minimum atomic E-state index is -4.30. The molecule has 0 unspecified atom stereocenters. The van der Waals surface area contributed by atoms with Crippen LogP contribution in [0.2, 0.25) is 0 Å². The SMILES string of the molecule is C=C(C#CCCCCCC)c1ccc(C(F)(F)F)cc1. The van der Waals surface area contributed by atoms with Crippen LogP contribution in [0.1, 0.15) is 50.2 Å². The Labute approximate surface area is 118 Å². The molecular weight excluding hydrogens is 261 g/mol. The second kappa shape index (κ2) is 7.79. The van der Waals surface area contributed by atoms with Gasteiger partial charge in [0, 0.05) is 12.0 Å². The Morgan fingerprint density at radius 2 is 1.75 bits per heavy atom. The lowest BCUT2D eigenvalue weighted by Crippen LogP contribution is -2.04. The predicted molar refractivity (Wildman–Crippen MR) is 77.0 cm³/mol. The van der Waals surface area contributed by atoms with Crippen LogP contribution in [0.25, 0.3) is 5.57 Å². The highest BCUT2D eigenvalue weighted by Crippen LogP contribution is 2.29. The number of hydrogen-bond acceptors (Lipinski definition) is 0. The van der Waals surface area contributed by atoms with Gasteiger partial charge in [0.1, 0.15) is 0 Å². The van der Waals surface area contributed by atoms with Crippen LogP contribution in [0.3, 0.4) is 0 Å². The molecule has 0 N–H and O–H groups in total. The van der Waals surface area contributed by atoms with E-state index in [0.717, 1.165) is 31.4 Å². The summed E-state index contributed by atoms with van der Waals surface area (Å²) in [4.78, 5) is 0. The highest BCUT2D eigenvalue weighted by molar-refractivity contribution is 5.76. The molecule has 1 aromatic carbocycles. The van der Waals surface area contributed by atoms with Crippen LogP contribution >= 0.6 is 0 Å². The van der Waals surface area contributed by atoms with Crippen LogP contribution in [0, 0.1) is 11.8 Å². The number of benzene rings is 1. The minimum absolute atomic E-state index is 0.564. The highest BCUT2D eigenvalue weighted by atomic mass is 19.4. The van der Waals surface area contributed by atoms with Crippen molar-refractivity contribution in [3.63, 3.8) is 0 Å². The van der Waals surface area contributed by atoms with Gasteiger partial charge in [-0.05, 0) is 24.1 Å². The van der Waals surface area contributed by atoms with Crippen molar-refractivity contribution in [2.75, 3.05) is 0 Å². The molecule has 20 heavy (non-hydrogen) atoms. The van der Waals surface area contributed by atoms with E-state index in [-0.39, 0.29) is 0 Å². The van der Waals surface area contributed by atoms with Crippen molar-refractivity contribution >= 4 is 5.57 Å². The van der Waals surface area contributed by atoms with E-state index < -0.39 is 11.7 Å².